The van der Waals surface area contributed by atoms with Crippen molar-refractivity contribution >= 4 is 17.5 Å². The fourth-order valence-corrected chi connectivity index (χ4v) is 3.04. The van der Waals surface area contributed by atoms with Crippen LogP contribution in [-0.2, 0) is 6.54 Å². The molecule has 3 rings (SSSR count). The van der Waals surface area contributed by atoms with E-state index in [1.54, 1.807) is 24.3 Å². The zero-order valence-electron chi connectivity index (χ0n) is 16.4. The number of hydrogen-bond acceptors (Lipinski definition) is 2. The second kappa shape index (κ2) is 8.53. The maximum absolute atomic E-state index is 12.6. The molecule has 0 aliphatic rings. The van der Waals surface area contributed by atoms with Gasteiger partial charge in [-0.2, -0.15) is 0 Å². The number of anilines is 1. The summed E-state index contributed by atoms with van der Waals surface area (Å²) in [6.07, 6.45) is 0. The lowest BCUT2D eigenvalue weighted by atomic mass is 10.1. The van der Waals surface area contributed by atoms with Gasteiger partial charge in [0, 0.05) is 23.4 Å². The van der Waals surface area contributed by atoms with Gasteiger partial charge in [-0.3, -0.25) is 9.59 Å². The first-order valence-electron chi connectivity index (χ1n) is 9.24. The van der Waals surface area contributed by atoms with Gasteiger partial charge in [-0.15, -0.1) is 0 Å². The number of aryl methyl sites for hydroxylation is 3. The van der Waals surface area contributed by atoms with E-state index in [1.165, 1.54) is 5.56 Å². The molecule has 0 unspecified atom stereocenters. The Balaban J connectivity index is 1.67. The van der Waals surface area contributed by atoms with E-state index in [1.807, 2.05) is 57.2 Å². The van der Waals surface area contributed by atoms with Crippen molar-refractivity contribution in [1.82, 2.24) is 5.32 Å². The molecule has 2 N–H and O–H groups in total. The maximum Gasteiger partial charge on any atom is 0.255 e. The summed E-state index contributed by atoms with van der Waals surface area (Å²) >= 11 is 0. The highest BCUT2D eigenvalue weighted by atomic mass is 16.2. The quantitative estimate of drug-likeness (QED) is 0.676. The summed E-state index contributed by atoms with van der Waals surface area (Å²) in [5.41, 5.74) is 6.03. The smallest absolute Gasteiger partial charge is 0.255 e. The molecule has 3 aromatic rings. The van der Waals surface area contributed by atoms with Gasteiger partial charge >= 0.3 is 0 Å². The molecule has 28 heavy (non-hydrogen) atoms. The Morgan fingerprint density at radius 2 is 1.32 bits per heavy atom. The average Bonchev–Trinajstić information content (AvgIpc) is 2.66. The first-order chi connectivity index (χ1) is 13.4. The summed E-state index contributed by atoms with van der Waals surface area (Å²) in [5, 5.41) is 5.79. The van der Waals surface area contributed by atoms with Crippen LogP contribution in [-0.4, -0.2) is 11.8 Å². The largest absolute Gasteiger partial charge is 0.348 e. The van der Waals surface area contributed by atoms with Gasteiger partial charge in [0.15, 0.2) is 0 Å². The van der Waals surface area contributed by atoms with E-state index in [9.17, 15) is 9.59 Å². The van der Waals surface area contributed by atoms with Crippen molar-refractivity contribution in [1.29, 1.82) is 0 Å². The summed E-state index contributed by atoms with van der Waals surface area (Å²) in [4.78, 5) is 25.0. The average molecular weight is 372 g/mol. The number of nitrogens with one attached hydrogen (secondary N) is 2. The minimum atomic E-state index is -0.238. The van der Waals surface area contributed by atoms with Gasteiger partial charge in [-0.05, 0) is 67.8 Å². The van der Waals surface area contributed by atoms with E-state index in [0.29, 0.717) is 17.7 Å². The van der Waals surface area contributed by atoms with Crippen molar-refractivity contribution < 1.29 is 9.59 Å². The van der Waals surface area contributed by atoms with Gasteiger partial charge in [0.05, 0.1) is 0 Å². The van der Waals surface area contributed by atoms with Gasteiger partial charge in [0.1, 0.15) is 0 Å². The van der Waals surface area contributed by atoms with Gasteiger partial charge < -0.3 is 10.6 Å². The molecule has 4 nitrogen and oxygen atoms in total. The Labute approximate surface area is 165 Å². The summed E-state index contributed by atoms with van der Waals surface area (Å²) < 4.78 is 0. The van der Waals surface area contributed by atoms with Crippen LogP contribution in [0.3, 0.4) is 0 Å². The molecule has 0 radical (unpaired) electrons. The number of rotatable bonds is 5. The van der Waals surface area contributed by atoms with E-state index in [-0.39, 0.29) is 11.8 Å². The second-order valence-electron chi connectivity index (χ2n) is 7.08. The molecule has 0 aliphatic carbocycles. The molecule has 0 spiro atoms. The van der Waals surface area contributed by atoms with Crippen molar-refractivity contribution in [2.24, 2.45) is 0 Å². The fourth-order valence-electron chi connectivity index (χ4n) is 3.04. The Bertz CT molecular complexity index is 987. The Kier molecular flexibility index (Phi) is 5.90. The number of carbonyl (C=O) groups excluding carboxylic acids is 2. The van der Waals surface area contributed by atoms with E-state index in [2.05, 4.69) is 16.7 Å². The second-order valence-corrected chi connectivity index (χ2v) is 7.08. The Morgan fingerprint density at radius 1 is 0.714 bits per heavy atom. The third-order valence-electron chi connectivity index (χ3n) is 4.44. The highest BCUT2D eigenvalue weighted by Gasteiger charge is 2.11. The third kappa shape index (κ3) is 5.07. The van der Waals surface area contributed by atoms with Crippen molar-refractivity contribution in [3.8, 4) is 0 Å². The van der Waals surface area contributed by atoms with E-state index in [4.69, 9.17) is 0 Å². The normalized spacial score (nSPS) is 10.4. The first-order valence-corrected chi connectivity index (χ1v) is 9.24. The summed E-state index contributed by atoms with van der Waals surface area (Å²) in [5.74, 6) is -0.445. The summed E-state index contributed by atoms with van der Waals surface area (Å²) in [6, 6.07) is 20.6. The molecule has 0 aromatic heterocycles. The Morgan fingerprint density at radius 3 is 1.96 bits per heavy atom. The number of carbonyl (C=O) groups is 2. The topological polar surface area (TPSA) is 58.2 Å². The van der Waals surface area contributed by atoms with Gasteiger partial charge in [0.25, 0.3) is 11.8 Å². The summed E-state index contributed by atoms with van der Waals surface area (Å²) in [6.45, 7) is 6.44. The number of amides is 2. The van der Waals surface area contributed by atoms with E-state index >= 15 is 0 Å². The molecular formula is C24H24N2O2. The first kappa shape index (κ1) is 19.4. The van der Waals surface area contributed by atoms with Gasteiger partial charge in [0.2, 0.25) is 0 Å². The molecular weight excluding hydrogens is 348 g/mol. The van der Waals surface area contributed by atoms with E-state index < -0.39 is 0 Å². The minimum absolute atomic E-state index is 0.207. The minimum Gasteiger partial charge on any atom is -0.348 e. The van der Waals surface area contributed by atoms with Crippen LogP contribution in [0.4, 0.5) is 5.69 Å². The van der Waals surface area contributed by atoms with Crippen LogP contribution < -0.4 is 10.6 Å². The van der Waals surface area contributed by atoms with Crippen molar-refractivity contribution in [2.45, 2.75) is 27.3 Å². The molecule has 0 heterocycles. The zero-order valence-corrected chi connectivity index (χ0v) is 16.4. The molecule has 0 atom stereocenters. The van der Waals surface area contributed by atoms with Gasteiger partial charge in [-0.25, -0.2) is 0 Å². The molecule has 4 heteroatoms. The van der Waals surface area contributed by atoms with Crippen LogP contribution in [0.5, 0.6) is 0 Å². The lowest BCUT2D eigenvalue weighted by Crippen LogP contribution is -2.23. The molecule has 0 fully saturated rings. The van der Waals surface area contributed by atoms with Crippen LogP contribution in [0, 0.1) is 20.8 Å². The molecule has 0 aliphatic heterocycles. The zero-order chi connectivity index (χ0) is 20.1. The third-order valence-corrected chi connectivity index (χ3v) is 4.44. The summed E-state index contributed by atoms with van der Waals surface area (Å²) in [7, 11) is 0. The predicted molar refractivity (Wildman–Crippen MR) is 113 cm³/mol. The van der Waals surface area contributed by atoms with Crippen molar-refractivity contribution in [3.63, 3.8) is 0 Å². The molecule has 2 amide bonds. The Hall–Kier alpha value is -3.40. The molecule has 3 aromatic carbocycles. The van der Waals surface area contributed by atoms with E-state index in [0.717, 1.165) is 22.4 Å². The highest BCUT2D eigenvalue weighted by Crippen LogP contribution is 2.15. The van der Waals surface area contributed by atoms with Gasteiger partial charge in [-0.1, -0.05) is 42.0 Å². The lowest BCUT2D eigenvalue weighted by molar-refractivity contribution is 0.0951. The lowest BCUT2D eigenvalue weighted by Gasteiger charge is -2.09. The van der Waals surface area contributed by atoms with Crippen LogP contribution in [0.25, 0.3) is 0 Å². The predicted octanol–water partition coefficient (Wildman–Crippen LogP) is 4.79. The fraction of sp³-hybridized carbons (Fsp3) is 0.167. The molecule has 0 bridgehead atoms. The molecule has 0 saturated heterocycles. The maximum atomic E-state index is 12.6. The van der Waals surface area contributed by atoms with Crippen LogP contribution in [0.1, 0.15) is 43.0 Å². The number of hydrogen-bond donors (Lipinski definition) is 2. The van der Waals surface area contributed by atoms with Crippen LogP contribution in [0.15, 0.2) is 66.7 Å². The monoisotopic (exact) mass is 372 g/mol. The SMILES string of the molecule is Cc1ccc(CNC(=O)c2cccc(C(=O)Nc3cc(C)cc(C)c3)c2)cc1. The van der Waals surface area contributed by atoms with Crippen molar-refractivity contribution in [2.75, 3.05) is 5.32 Å². The van der Waals surface area contributed by atoms with Crippen LogP contribution >= 0.6 is 0 Å². The molecule has 142 valence electrons. The van der Waals surface area contributed by atoms with Crippen molar-refractivity contribution in [3.05, 3.63) is 100 Å². The van der Waals surface area contributed by atoms with Crippen LogP contribution in [0.2, 0.25) is 0 Å². The number of benzene rings is 3. The highest BCUT2D eigenvalue weighted by molar-refractivity contribution is 6.06. The molecule has 0 saturated carbocycles. The standard InChI is InChI=1S/C24H24N2O2/c1-16-7-9-19(10-8-16)15-25-23(27)20-5-4-6-21(14-20)24(28)26-22-12-17(2)11-18(3)13-22/h4-14H,15H2,1-3H3,(H,25,27)(H,26,28).